The fraction of sp³-hybridized carbons (Fsp3) is 0.533. The van der Waals surface area contributed by atoms with Crippen molar-refractivity contribution >= 4 is 5.78 Å². The van der Waals surface area contributed by atoms with Crippen molar-refractivity contribution in [3.63, 3.8) is 0 Å². The number of ketones is 1. The van der Waals surface area contributed by atoms with Crippen LogP contribution in [0.5, 0.6) is 5.75 Å². The Morgan fingerprint density at radius 1 is 1.35 bits per heavy atom. The molecule has 0 saturated heterocycles. The van der Waals surface area contributed by atoms with Gasteiger partial charge in [0.05, 0.1) is 7.11 Å². The molecule has 0 amide bonds. The summed E-state index contributed by atoms with van der Waals surface area (Å²) in [5, 5.41) is 0. The van der Waals surface area contributed by atoms with Crippen LogP contribution in [0.4, 0.5) is 0 Å². The zero-order valence-electron chi connectivity index (χ0n) is 11.2. The third-order valence-electron chi connectivity index (χ3n) is 2.90. The van der Waals surface area contributed by atoms with Gasteiger partial charge in [0.25, 0.3) is 0 Å². The lowest BCUT2D eigenvalue weighted by Gasteiger charge is -2.07. The fourth-order valence-electron chi connectivity index (χ4n) is 1.87. The van der Waals surface area contributed by atoms with E-state index in [2.05, 4.69) is 13.8 Å². The molecule has 0 fully saturated rings. The first-order valence-electron chi connectivity index (χ1n) is 6.22. The van der Waals surface area contributed by atoms with Crippen molar-refractivity contribution in [2.75, 3.05) is 7.11 Å². The monoisotopic (exact) mass is 234 g/mol. The Kier molecular flexibility index (Phi) is 5.20. The Balaban J connectivity index is 2.60. The lowest BCUT2D eigenvalue weighted by molar-refractivity contribution is 0.0978. The molecule has 0 saturated carbocycles. The molecule has 94 valence electrons. The molecule has 0 N–H and O–H groups in total. The Bertz CT molecular complexity index is 381. The molecule has 0 atom stereocenters. The minimum absolute atomic E-state index is 0.233. The lowest BCUT2D eigenvalue weighted by atomic mass is 10.00. The van der Waals surface area contributed by atoms with E-state index in [4.69, 9.17) is 4.74 Å². The van der Waals surface area contributed by atoms with Crippen molar-refractivity contribution in [2.45, 2.75) is 40.0 Å². The average molecular weight is 234 g/mol. The first-order chi connectivity index (χ1) is 8.04. The molecular weight excluding hydrogens is 212 g/mol. The number of rotatable bonds is 6. The Hall–Kier alpha value is -1.31. The van der Waals surface area contributed by atoms with E-state index in [1.807, 2.05) is 25.1 Å². The summed E-state index contributed by atoms with van der Waals surface area (Å²) in [5.74, 6) is 1.74. The molecule has 0 unspecified atom stereocenters. The summed E-state index contributed by atoms with van der Waals surface area (Å²) >= 11 is 0. The van der Waals surface area contributed by atoms with Crippen molar-refractivity contribution in [2.24, 2.45) is 5.92 Å². The van der Waals surface area contributed by atoms with Gasteiger partial charge < -0.3 is 4.74 Å². The highest BCUT2D eigenvalue weighted by Gasteiger charge is 2.08. The van der Waals surface area contributed by atoms with Crippen molar-refractivity contribution in [3.05, 3.63) is 29.3 Å². The molecule has 17 heavy (non-hydrogen) atoms. The van der Waals surface area contributed by atoms with Crippen LogP contribution in [0, 0.1) is 12.8 Å². The summed E-state index contributed by atoms with van der Waals surface area (Å²) in [6, 6.07) is 5.63. The van der Waals surface area contributed by atoms with Crippen LogP contribution in [0.3, 0.4) is 0 Å². The molecule has 0 aliphatic rings. The molecule has 0 spiro atoms. The number of ether oxygens (including phenoxy) is 1. The van der Waals surface area contributed by atoms with Gasteiger partial charge in [0.15, 0.2) is 5.78 Å². The molecule has 2 heteroatoms. The Morgan fingerprint density at radius 2 is 2.06 bits per heavy atom. The fourth-order valence-corrected chi connectivity index (χ4v) is 1.87. The van der Waals surface area contributed by atoms with Gasteiger partial charge in [-0.05, 0) is 43.0 Å². The van der Waals surface area contributed by atoms with Gasteiger partial charge in [0, 0.05) is 12.0 Å². The minimum Gasteiger partial charge on any atom is -0.496 e. The number of carbonyl (C=O) groups excluding carboxylic acids is 1. The van der Waals surface area contributed by atoms with Gasteiger partial charge in [-0.25, -0.2) is 0 Å². The number of aryl methyl sites for hydroxylation is 1. The maximum Gasteiger partial charge on any atom is 0.162 e. The van der Waals surface area contributed by atoms with Gasteiger partial charge in [-0.3, -0.25) is 4.79 Å². The number of methoxy groups -OCH3 is 1. The Morgan fingerprint density at radius 3 is 2.59 bits per heavy atom. The highest BCUT2D eigenvalue weighted by Crippen LogP contribution is 2.20. The summed E-state index contributed by atoms with van der Waals surface area (Å²) in [4.78, 5) is 11.9. The van der Waals surface area contributed by atoms with E-state index in [9.17, 15) is 4.79 Å². The quantitative estimate of drug-likeness (QED) is 0.695. The second kappa shape index (κ2) is 6.43. The van der Waals surface area contributed by atoms with Crippen LogP contribution in [0.15, 0.2) is 18.2 Å². The number of carbonyl (C=O) groups is 1. The standard InChI is InChI=1S/C15H22O2/c1-11(2)6-5-7-14(16)13-8-9-15(17-4)12(3)10-13/h8-11H,5-7H2,1-4H3. The molecule has 0 aliphatic carbocycles. The SMILES string of the molecule is COc1ccc(C(=O)CCCC(C)C)cc1C. The summed E-state index contributed by atoms with van der Waals surface area (Å²) in [5.41, 5.74) is 1.81. The highest BCUT2D eigenvalue weighted by molar-refractivity contribution is 5.96. The second-order valence-electron chi connectivity index (χ2n) is 4.89. The summed E-state index contributed by atoms with van der Waals surface area (Å²) in [6.45, 7) is 6.33. The molecule has 0 heterocycles. The van der Waals surface area contributed by atoms with Gasteiger partial charge in [-0.1, -0.05) is 20.3 Å². The van der Waals surface area contributed by atoms with Crippen LogP contribution in [0.2, 0.25) is 0 Å². The number of hydrogen-bond acceptors (Lipinski definition) is 2. The lowest BCUT2D eigenvalue weighted by Crippen LogP contribution is -2.01. The van der Waals surface area contributed by atoms with E-state index in [0.717, 1.165) is 29.7 Å². The maximum atomic E-state index is 11.9. The topological polar surface area (TPSA) is 26.3 Å². The first-order valence-corrected chi connectivity index (χ1v) is 6.22. The van der Waals surface area contributed by atoms with Crippen molar-refractivity contribution in [3.8, 4) is 5.75 Å². The molecule has 2 nitrogen and oxygen atoms in total. The van der Waals surface area contributed by atoms with Gasteiger partial charge in [0.2, 0.25) is 0 Å². The van der Waals surface area contributed by atoms with Crippen LogP contribution in [-0.2, 0) is 0 Å². The first kappa shape index (κ1) is 13.8. The van der Waals surface area contributed by atoms with Crippen LogP contribution in [0.1, 0.15) is 49.0 Å². The second-order valence-corrected chi connectivity index (χ2v) is 4.89. The zero-order chi connectivity index (χ0) is 12.8. The summed E-state index contributed by atoms with van der Waals surface area (Å²) in [6.07, 6.45) is 2.73. The van der Waals surface area contributed by atoms with Crippen LogP contribution in [0.25, 0.3) is 0 Å². The third kappa shape index (κ3) is 4.22. The van der Waals surface area contributed by atoms with Crippen molar-refractivity contribution < 1.29 is 9.53 Å². The van der Waals surface area contributed by atoms with Crippen LogP contribution in [-0.4, -0.2) is 12.9 Å². The van der Waals surface area contributed by atoms with Crippen molar-refractivity contribution in [1.29, 1.82) is 0 Å². The molecule has 0 bridgehead atoms. The van der Waals surface area contributed by atoms with Crippen molar-refractivity contribution in [1.82, 2.24) is 0 Å². The molecule has 1 aromatic carbocycles. The van der Waals surface area contributed by atoms with Gasteiger partial charge in [-0.15, -0.1) is 0 Å². The van der Waals surface area contributed by atoms with E-state index >= 15 is 0 Å². The smallest absolute Gasteiger partial charge is 0.162 e. The molecule has 1 aromatic rings. The minimum atomic E-state index is 0.233. The molecule has 0 radical (unpaired) electrons. The van der Waals surface area contributed by atoms with E-state index in [-0.39, 0.29) is 5.78 Å². The van der Waals surface area contributed by atoms with Gasteiger partial charge in [-0.2, -0.15) is 0 Å². The highest BCUT2D eigenvalue weighted by atomic mass is 16.5. The normalized spacial score (nSPS) is 10.6. The molecule has 1 rings (SSSR count). The van der Waals surface area contributed by atoms with Crippen LogP contribution < -0.4 is 4.74 Å². The molecule has 0 aromatic heterocycles. The molecule has 0 aliphatic heterocycles. The predicted octanol–water partition coefficient (Wildman–Crippen LogP) is 4.01. The van der Waals surface area contributed by atoms with Crippen LogP contribution >= 0.6 is 0 Å². The number of hydrogen-bond donors (Lipinski definition) is 0. The number of Topliss-reactive ketones (excluding diaryl/α,β-unsaturated/α-hetero) is 1. The summed E-state index contributed by atoms with van der Waals surface area (Å²) in [7, 11) is 1.65. The van der Waals surface area contributed by atoms with E-state index in [1.165, 1.54) is 0 Å². The number of benzene rings is 1. The average Bonchev–Trinajstić information content (AvgIpc) is 2.28. The zero-order valence-corrected chi connectivity index (χ0v) is 11.2. The maximum absolute atomic E-state index is 11.9. The van der Waals surface area contributed by atoms with E-state index in [0.29, 0.717) is 12.3 Å². The third-order valence-corrected chi connectivity index (χ3v) is 2.90. The summed E-state index contributed by atoms with van der Waals surface area (Å²) < 4.78 is 5.18. The largest absolute Gasteiger partial charge is 0.496 e. The van der Waals surface area contributed by atoms with E-state index < -0.39 is 0 Å². The van der Waals surface area contributed by atoms with E-state index in [1.54, 1.807) is 7.11 Å². The van der Waals surface area contributed by atoms with Gasteiger partial charge >= 0.3 is 0 Å². The molecular formula is C15H22O2. The van der Waals surface area contributed by atoms with Gasteiger partial charge in [0.1, 0.15) is 5.75 Å². The Labute approximate surface area is 104 Å². The predicted molar refractivity (Wildman–Crippen MR) is 70.8 cm³/mol.